The lowest BCUT2D eigenvalue weighted by Gasteiger charge is -2.52. The maximum absolute atomic E-state index is 13.9. The molecule has 6 nitrogen and oxygen atoms in total. The number of aromatic nitrogens is 1. The predicted octanol–water partition coefficient (Wildman–Crippen LogP) is 1.61. The van der Waals surface area contributed by atoms with Crippen LogP contribution in [-0.2, 0) is 19.7 Å². The highest BCUT2D eigenvalue weighted by Crippen LogP contribution is 2.42. The molecule has 4 fully saturated rings. The summed E-state index contributed by atoms with van der Waals surface area (Å²) in [6.07, 6.45) is 8.91. The van der Waals surface area contributed by atoms with Gasteiger partial charge in [0, 0.05) is 18.8 Å². The lowest BCUT2D eigenvalue weighted by molar-refractivity contribution is -0.939. The molecule has 2 bridgehead atoms. The minimum Gasteiger partial charge on any atom is -1.00 e. The average Bonchev–Trinajstić information content (AvgIpc) is 3.14. The minimum absolute atomic E-state index is 0. The summed E-state index contributed by atoms with van der Waals surface area (Å²) in [6.45, 7) is 2.80. The highest BCUT2D eigenvalue weighted by Gasteiger charge is 2.51. The van der Waals surface area contributed by atoms with Crippen molar-refractivity contribution in [1.82, 2.24) is 4.98 Å². The monoisotopic (exact) mass is 515 g/mol. The number of hydrogen-bond donors (Lipinski definition) is 1. The number of anilines is 1. The molecule has 6 rings (SSSR count). The number of nitrogens with one attached hydrogen (secondary N) is 1. The van der Waals surface area contributed by atoms with Gasteiger partial charge >= 0.3 is 5.97 Å². The first-order chi connectivity index (χ1) is 17.0. The average molecular weight is 516 g/mol. The number of pyridine rings is 1. The molecule has 1 saturated carbocycles. The van der Waals surface area contributed by atoms with Crippen molar-refractivity contribution in [2.45, 2.75) is 62.9 Å². The van der Waals surface area contributed by atoms with Gasteiger partial charge in [-0.05, 0) is 30.5 Å². The number of hydrogen-bond acceptors (Lipinski definition) is 4. The van der Waals surface area contributed by atoms with Gasteiger partial charge in [0.1, 0.15) is 18.2 Å². The Morgan fingerprint density at radius 1 is 1.03 bits per heavy atom. The van der Waals surface area contributed by atoms with Crippen LogP contribution in [0.5, 0.6) is 0 Å². The quantitative estimate of drug-likeness (QED) is 0.360. The summed E-state index contributed by atoms with van der Waals surface area (Å²) >= 11 is 0. The van der Waals surface area contributed by atoms with Crippen molar-refractivity contribution in [2.24, 2.45) is 5.92 Å². The van der Waals surface area contributed by atoms with Crippen LogP contribution in [0.15, 0.2) is 48.7 Å². The molecule has 1 aliphatic carbocycles. The van der Waals surface area contributed by atoms with Gasteiger partial charge in [-0.15, -0.1) is 0 Å². The van der Waals surface area contributed by atoms with Gasteiger partial charge < -0.3 is 26.9 Å². The fourth-order valence-corrected chi connectivity index (χ4v) is 6.46. The molecule has 1 aromatic carbocycles. The molecule has 8 heteroatoms. The smallest absolute Gasteiger partial charge is 0.317 e. The van der Waals surface area contributed by atoms with Crippen LogP contribution in [0.25, 0.3) is 0 Å². The third kappa shape index (κ3) is 5.57. The SMILES string of the molecule is O=C(C[N+]12CCC(CC1)C(OC(=O)C1(c3ccccc3)CCCCCC1)C2)Nc1ccc(F)cn1.[Cl-]. The van der Waals surface area contributed by atoms with E-state index in [0.29, 0.717) is 29.3 Å². The van der Waals surface area contributed by atoms with E-state index >= 15 is 0 Å². The van der Waals surface area contributed by atoms with E-state index in [9.17, 15) is 14.0 Å². The van der Waals surface area contributed by atoms with Crippen molar-refractivity contribution in [1.29, 1.82) is 0 Å². The van der Waals surface area contributed by atoms with Crippen molar-refractivity contribution in [3.05, 3.63) is 60.0 Å². The van der Waals surface area contributed by atoms with E-state index in [0.717, 1.165) is 76.2 Å². The van der Waals surface area contributed by atoms with Gasteiger partial charge in [-0.25, -0.2) is 9.37 Å². The molecule has 36 heavy (non-hydrogen) atoms. The van der Waals surface area contributed by atoms with Crippen molar-refractivity contribution < 1.29 is 35.6 Å². The zero-order valence-electron chi connectivity index (χ0n) is 20.6. The Morgan fingerprint density at radius 2 is 1.72 bits per heavy atom. The van der Waals surface area contributed by atoms with E-state index in [2.05, 4.69) is 22.4 Å². The van der Waals surface area contributed by atoms with Crippen molar-refractivity contribution in [3.63, 3.8) is 0 Å². The van der Waals surface area contributed by atoms with E-state index < -0.39 is 11.2 Å². The predicted molar refractivity (Wildman–Crippen MR) is 131 cm³/mol. The Kier molecular flexibility index (Phi) is 8.30. The lowest BCUT2D eigenvalue weighted by atomic mass is 9.74. The third-order valence-electron chi connectivity index (χ3n) is 8.45. The van der Waals surface area contributed by atoms with Gasteiger partial charge in [0.2, 0.25) is 0 Å². The van der Waals surface area contributed by atoms with Crippen LogP contribution in [0.1, 0.15) is 56.9 Å². The van der Waals surface area contributed by atoms with Gasteiger partial charge in [0.15, 0.2) is 12.6 Å². The molecule has 1 aromatic heterocycles. The van der Waals surface area contributed by atoms with E-state index in [-0.39, 0.29) is 30.4 Å². The standard InChI is InChI=1S/C28H34FN3O3.ClH/c29-23-10-11-25(30-18-23)31-26(33)20-32-16-12-21(13-17-32)24(19-32)35-27(34)28(14-6-1-2-7-15-28)22-8-4-3-5-9-22;/h3-5,8-11,18,21,24H,1-2,6-7,12-17,19-20H2;1H. The van der Waals surface area contributed by atoms with E-state index in [1.807, 2.05) is 18.2 Å². The largest absolute Gasteiger partial charge is 1.00 e. The molecule has 0 spiro atoms. The second-order valence-electron chi connectivity index (χ2n) is 10.7. The number of nitrogens with zero attached hydrogens (tertiary/aromatic N) is 2. The van der Waals surface area contributed by atoms with Crippen LogP contribution in [0.2, 0.25) is 0 Å². The zero-order chi connectivity index (χ0) is 24.3. The number of piperidine rings is 3. The summed E-state index contributed by atoms with van der Waals surface area (Å²) in [4.78, 5) is 30.6. The van der Waals surface area contributed by atoms with Gasteiger partial charge in [-0.3, -0.25) is 9.59 Å². The zero-order valence-corrected chi connectivity index (χ0v) is 21.4. The number of benzene rings is 1. The highest BCUT2D eigenvalue weighted by molar-refractivity contribution is 5.90. The number of carbonyl (C=O) groups excluding carboxylic acids is 2. The van der Waals surface area contributed by atoms with Crippen molar-refractivity contribution in [2.75, 3.05) is 31.5 Å². The first kappa shape index (κ1) is 26.6. The Labute approximate surface area is 218 Å². The molecule has 1 N–H and O–H groups in total. The second-order valence-corrected chi connectivity index (χ2v) is 10.7. The second kappa shape index (κ2) is 11.3. The van der Waals surface area contributed by atoms with E-state index in [1.165, 1.54) is 12.1 Å². The Hall–Kier alpha value is -2.51. The molecule has 1 unspecified atom stereocenters. The maximum Gasteiger partial charge on any atom is 0.317 e. The topological polar surface area (TPSA) is 68.3 Å². The Balaban J connectivity index is 0.00000304. The maximum atomic E-state index is 13.9. The van der Waals surface area contributed by atoms with Gasteiger partial charge in [0.05, 0.1) is 24.7 Å². The number of ether oxygens (including phenoxy) is 1. The molecule has 4 aliphatic rings. The van der Waals surface area contributed by atoms with Crippen LogP contribution in [0.4, 0.5) is 10.2 Å². The van der Waals surface area contributed by atoms with Gasteiger partial charge in [-0.2, -0.15) is 0 Å². The van der Waals surface area contributed by atoms with E-state index in [4.69, 9.17) is 4.74 Å². The summed E-state index contributed by atoms with van der Waals surface area (Å²) < 4.78 is 20.1. The van der Waals surface area contributed by atoms with Gasteiger partial charge in [0.25, 0.3) is 5.91 Å². The van der Waals surface area contributed by atoms with Crippen molar-refractivity contribution in [3.8, 4) is 0 Å². The van der Waals surface area contributed by atoms with Crippen molar-refractivity contribution >= 4 is 17.7 Å². The third-order valence-corrected chi connectivity index (χ3v) is 8.45. The number of esters is 1. The molecule has 1 amide bonds. The Bertz CT molecular complexity index is 1030. The summed E-state index contributed by atoms with van der Waals surface area (Å²) in [6, 6.07) is 12.9. The van der Waals surface area contributed by atoms with Crippen LogP contribution in [0.3, 0.4) is 0 Å². The molecule has 194 valence electrons. The molecule has 3 aliphatic heterocycles. The fourth-order valence-electron chi connectivity index (χ4n) is 6.46. The normalized spacial score (nSPS) is 26.8. The van der Waals surface area contributed by atoms with Crippen LogP contribution < -0.4 is 17.7 Å². The molecule has 4 heterocycles. The molecular weight excluding hydrogens is 481 g/mol. The number of fused-ring (bicyclic) bond motifs is 3. The number of amides is 1. The number of halogens is 2. The first-order valence-electron chi connectivity index (χ1n) is 13.0. The van der Waals surface area contributed by atoms with E-state index in [1.54, 1.807) is 0 Å². The molecule has 3 saturated heterocycles. The first-order valence-corrected chi connectivity index (χ1v) is 13.0. The summed E-state index contributed by atoms with van der Waals surface area (Å²) in [5.74, 6) is 0.0538. The fraction of sp³-hybridized carbons (Fsp3) is 0.536. The van der Waals surface area contributed by atoms with Crippen LogP contribution >= 0.6 is 0 Å². The van der Waals surface area contributed by atoms with Crippen LogP contribution in [0, 0.1) is 11.7 Å². The number of quaternary nitrogens is 1. The molecule has 2 aromatic rings. The molecule has 0 radical (unpaired) electrons. The molecular formula is C28H35ClFN3O3. The van der Waals surface area contributed by atoms with Gasteiger partial charge in [-0.1, -0.05) is 56.0 Å². The number of carbonyl (C=O) groups is 2. The summed E-state index contributed by atoms with van der Waals surface area (Å²) in [5.41, 5.74) is 0.503. The summed E-state index contributed by atoms with van der Waals surface area (Å²) in [7, 11) is 0. The Morgan fingerprint density at radius 3 is 2.36 bits per heavy atom. The highest BCUT2D eigenvalue weighted by atomic mass is 35.5. The number of rotatable bonds is 6. The lowest BCUT2D eigenvalue weighted by Crippen LogP contribution is -3.00. The summed E-state index contributed by atoms with van der Waals surface area (Å²) in [5, 5.41) is 2.79. The van der Waals surface area contributed by atoms with Crippen LogP contribution in [-0.4, -0.2) is 53.6 Å². The molecule has 1 atom stereocenters. The minimum atomic E-state index is -0.569.